The predicted octanol–water partition coefficient (Wildman–Crippen LogP) is 3.55. The zero-order valence-corrected chi connectivity index (χ0v) is 15.5. The fourth-order valence-electron chi connectivity index (χ4n) is 2.04. The molecule has 1 aromatic rings. The van der Waals surface area contributed by atoms with Crippen molar-refractivity contribution in [3.63, 3.8) is 0 Å². The van der Waals surface area contributed by atoms with Crippen LogP contribution >= 0.6 is 15.9 Å². The summed E-state index contributed by atoms with van der Waals surface area (Å²) in [6, 6.07) is 3.79. The van der Waals surface area contributed by atoms with Gasteiger partial charge in [-0.2, -0.15) is 0 Å². The normalized spacial score (nSPS) is 14.8. The maximum Gasteiger partial charge on any atom is 0.407 e. The van der Waals surface area contributed by atoms with Gasteiger partial charge in [0.1, 0.15) is 18.8 Å². The van der Waals surface area contributed by atoms with E-state index in [1.807, 2.05) is 39.8 Å². The first-order valence-electron chi connectivity index (χ1n) is 7.57. The van der Waals surface area contributed by atoms with Gasteiger partial charge in [0, 0.05) is 29.2 Å². The van der Waals surface area contributed by atoms with Crippen LogP contribution in [0.15, 0.2) is 16.6 Å². The van der Waals surface area contributed by atoms with E-state index in [0.717, 1.165) is 15.9 Å². The summed E-state index contributed by atoms with van der Waals surface area (Å²) in [5.74, 6) is 1.45. The third-order valence-electron chi connectivity index (χ3n) is 2.99. The summed E-state index contributed by atoms with van der Waals surface area (Å²) >= 11 is 3.51. The lowest BCUT2D eigenvalue weighted by molar-refractivity contribution is 0.0526. The number of carbonyl (C=O) groups excluding carboxylic acids is 1. The van der Waals surface area contributed by atoms with Crippen LogP contribution in [0.1, 0.15) is 27.7 Å². The number of rotatable bonds is 4. The van der Waals surface area contributed by atoms with Crippen LogP contribution in [0, 0.1) is 0 Å². The van der Waals surface area contributed by atoms with Crippen LogP contribution in [0.2, 0.25) is 0 Å². The zero-order chi connectivity index (χ0) is 17.0. The first kappa shape index (κ1) is 17.7. The summed E-state index contributed by atoms with van der Waals surface area (Å²) in [5, 5.41) is 6.07. The lowest BCUT2D eigenvalue weighted by Gasteiger charge is -2.23. The molecular weight excluding hydrogens is 364 g/mol. The summed E-state index contributed by atoms with van der Waals surface area (Å²) in [5.41, 5.74) is 0.382. The summed E-state index contributed by atoms with van der Waals surface area (Å²) in [7, 11) is 0. The molecule has 128 valence electrons. The van der Waals surface area contributed by atoms with E-state index in [4.69, 9.17) is 14.2 Å². The van der Waals surface area contributed by atoms with E-state index in [-0.39, 0.29) is 6.04 Å². The van der Waals surface area contributed by atoms with E-state index < -0.39 is 11.7 Å². The van der Waals surface area contributed by atoms with Crippen molar-refractivity contribution in [2.45, 2.75) is 39.3 Å². The molecule has 7 heteroatoms. The van der Waals surface area contributed by atoms with Gasteiger partial charge in [0.2, 0.25) is 0 Å². The van der Waals surface area contributed by atoms with Crippen LogP contribution in [-0.4, -0.2) is 37.5 Å². The van der Waals surface area contributed by atoms with Crippen LogP contribution in [0.3, 0.4) is 0 Å². The molecule has 1 aliphatic rings. The van der Waals surface area contributed by atoms with Crippen LogP contribution in [0.25, 0.3) is 0 Å². The molecule has 1 heterocycles. The van der Waals surface area contributed by atoms with Gasteiger partial charge >= 0.3 is 6.09 Å². The molecule has 1 aromatic carbocycles. The largest absolute Gasteiger partial charge is 0.486 e. The van der Waals surface area contributed by atoms with E-state index in [1.54, 1.807) is 0 Å². The van der Waals surface area contributed by atoms with Gasteiger partial charge in [-0.15, -0.1) is 0 Å². The molecule has 2 rings (SSSR count). The average Bonchev–Trinajstić information content (AvgIpc) is 2.44. The van der Waals surface area contributed by atoms with Crippen molar-refractivity contribution in [3.05, 3.63) is 16.6 Å². The molecular formula is C16H23BrN2O4. The van der Waals surface area contributed by atoms with Crippen molar-refractivity contribution in [3.8, 4) is 11.5 Å². The first-order chi connectivity index (χ1) is 10.7. The average molecular weight is 387 g/mol. The van der Waals surface area contributed by atoms with Crippen molar-refractivity contribution in [2.24, 2.45) is 0 Å². The highest BCUT2D eigenvalue weighted by Gasteiger charge is 2.18. The second-order valence-electron chi connectivity index (χ2n) is 6.40. The van der Waals surface area contributed by atoms with E-state index in [2.05, 4.69) is 26.6 Å². The van der Waals surface area contributed by atoms with Crippen LogP contribution in [0.4, 0.5) is 10.5 Å². The monoisotopic (exact) mass is 386 g/mol. The van der Waals surface area contributed by atoms with Gasteiger partial charge in [0.05, 0.1) is 5.69 Å². The Balaban J connectivity index is 1.90. The van der Waals surface area contributed by atoms with E-state index >= 15 is 0 Å². The minimum atomic E-state index is -0.500. The Morgan fingerprint density at radius 1 is 1.30 bits per heavy atom. The Labute approximate surface area is 145 Å². The highest BCUT2D eigenvalue weighted by molar-refractivity contribution is 9.10. The summed E-state index contributed by atoms with van der Waals surface area (Å²) in [6.07, 6.45) is -0.424. The fraction of sp³-hybridized carbons (Fsp3) is 0.562. The maximum absolute atomic E-state index is 11.7. The van der Waals surface area contributed by atoms with E-state index in [0.29, 0.717) is 25.5 Å². The number of benzene rings is 1. The van der Waals surface area contributed by atoms with Crippen LogP contribution in [-0.2, 0) is 4.74 Å². The Morgan fingerprint density at radius 3 is 2.52 bits per heavy atom. The predicted molar refractivity (Wildman–Crippen MR) is 92.5 cm³/mol. The topological polar surface area (TPSA) is 68.8 Å². The van der Waals surface area contributed by atoms with Crippen molar-refractivity contribution >= 4 is 27.7 Å². The number of hydrogen-bond acceptors (Lipinski definition) is 5. The number of anilines is 1. The van der Waals surface area contributed by atoms with Gasteiger partial charge in [0.15, 0.2) is 11.5 Å². The summed E-state index contributed by atoms with van der Waals surface area (Å²) in [4.78, 5) is 11.7. The molecule has 0 radical (unpaired) electrons. The fourth-order valence-corrected chi connectivity index (χ4v) is 2.48. The molecule has 1 aliphatic heterocycles. The Kier molecular flexibility index (Phi) is 5.62. The molecule has 0 aliphatic carbocycles. The van der Waals surface area contributed by atoms with Gasteiger partial charge in [0.25, 0.3) is 0 Å². The molecule has 1 unspecified atom stereocenters. The summed E-state index contributed by atoms with van der Waals surface area (Å²) < 4.78 is 17.2. The standard InChI is InChI=1S/C16H23BrN2O4/c1-10(9-18-15(20)23-16(2,3)4)19-12-8-14-13(7-11(12)17)21-5-6-22-14/h7-8,10,19H,5-6,9H2,1-4H3,(H,18,20). The highest BCUT2D eigenvalue weighted by Crippen LogP contribution is 2.38. The van der Waals surface area contributed by atoms with E-state index in [1.165, 1.54) is 0 Å². The molecule has 23 heavy (non-hydrogen) atoms. The van der Waals surface area contributed by atoms with Gasteiger partial charge in [-0.1, -0.05) is 0 Å². The third kappa shape index (κ3) is 5.49. The first-order valence-corrected chi connectivity index (χ1v) is 8.36. The molecule has 1 atom stereocenters. The molecule has 0 fully saturated rings. The minimum absolute atomic E-state index is 0.0152. The molecule has 0 saturated heterocycles. The van der Waals surface area contributed by atoms with Crippen molar-refractivity contribution < 1.29 is 19.0 Å². The molecule has 1 amide bonds. The van der Waals surface area contributed by atoms with Gasteiger partial charge < -0.3 is 24.8 Å². The smallest absolute Gasteiger partial charge is 0.407 e. The lowest BCUT2D eigenvalue weighted by Crippen LogP contribution is -2.38. The van der Waals surface area contributed by atoms with Crippen molar-refractivity contribution in [1.29, 1.82) is 0 Å². The second-order valence-corrected chi connectivity index (χ2v) is 7.26. The van der Waals surface area contributed by atoms with Crippen LogP contribution in [0.5, 0.6) is 11.5 Å². The zero-order valence-electron chi connectivity index (χ0n) is 13.9. The van der Waals surface area contributed by atoms with Gasteiger partial charge in [-0.3, -0.25) is 0 Å². The quantitative estimate of drug-likeness (QED) is 0.827. The number of hydrogen-bond donors (Lipinski definition) is 2. The maximum atomic E-state index is 11.7. The molecule has 0 aromatic heterocycles. The lowest BCUT2D eigenvalue weighted by atomic mass is 10.2. The number of ether oxygens (including phenoxy) is 3. The summed E-state index contributed by atoms with van der Waals surface area (Å²) in [6.45, 7) is 9.02. The van der Waals surface area contributed by atoms with Gasteiger partial charge in [-0.25, -0.2) is 4.79 Å². The third-order valence-corrected chi connectivity index (χ3v) is 3.64. The van der Waals surface area contributed by atoms with Crippen LogP contribution < -0.4 is 20.1 Å². The Hall–Kier alpha value is -1.63. The number of amides is 1. The molecule has 0 spiro atoms. The van der Waals surface area contributed by atoms with E-state index in [9.17, 15) is 4.79 Å². The number of fused-ring (bicyclic) bond motifs is 1. The number of nitrogens with one attached hydrogen (secondary N) is 2. The number of carbonyl (C=O) groups is 1. The van der Waals surface area contributed by atoms with Crippen molar-refractivity contribution in [1.82, 2.24) is 5.32 Å². The molecule has 6 nitrogen and oxygen atoms in total. The Morgan fingerprint density at radius 2 is 1.91 bits per heavy atom. The SMILES string of the molecule is CC(CNC(=O)OC(C)(C)C)Nc1cc2c(cc1Br)OCCO2. The highest BCUT2D eigenvalue weighted by atomic mass is 79.9. The molecule has 0 bridgehead atoms. The number of alkyl carbamates (subject to hydrolysis) is 1. The minimum Gasteiger partial charge on any atom is -0.486 e. The number of halogens is 1. The Bertz CT molecular complexity index is 572. The molecule has 2 N–H and O–H groups in total. The van der Waals surface area contributed by atoms with Crippen molar-refractivity contribution in [2.75, 3.05) is 25.1 Å². The molecule has 0 saturated carbocycles. The van der Waals surface area contributed by atoms with Gasteiger partial charge in [-0.05, 0) is 43.6 Å². The second kappa shape index (κ2) is 7.29.